The third kappa shape index (κ3) is 2.86. The van der Waals surface area contributed by atoms with Crippen LogP contribution in [-0.4, -0.2) is 42.2 Å². The molecule has 2 heterocycles. The Kier molecular flexibility index (Phi) is 4.32. The number of piperidine rings is 1. The van der Waals surface area contributed by atoms with Gasteiger partial charge in [-0.1, -0.05) is 18.6 Å². The molecule has 3 rings (SSSR count). The topological polar surface area (TPSA) is 23.6 Å². The summed E-state index contributed by atoms with van der Waals surface area (Å²) in [7, 11) is 0. The summed E-state index contributed by atoms with van der Waals surface area (Å²) in [5.74, 6) is 1.25. The van der Waals surface area contributed by atoms with Crippen LogP contribution in [0.4, 0.5) is 5.69 Å². The van der Waals surface area contributed by atoms with Crippen LogP contribution in [0.25, 0.3) is 0 Å². The van der Waals surface area contributed by atoms with E-state index in [0.29, 0.717) is 12.6 Å². The number of thioether (sulfide) groups is 1. The van der Waals surface area contributed by atoms with Crippen LogP contribution < -0.4 is 4.90 Å². The van der Waals surface area contributed by atoms with Crippen molar-refractivity contribution in [3.05, 3.63) is 24.3 Å². The van der Waals surface area contributed by atoms with Crippen molar-refractivity contribution in [2.75, 3.05) is 30.3 Å². The van der Waals surface area contributed by atoms with E-state index in [1.54, 1.807) is 0 Å². The molecule has 1 unspecified atom stereocenters. The van der Waals surface area contributed by atoms with Gasteiger partial charge in [-0.3, -0.25) is 9.69 Å². The second-order valence-corrected chi connectivity index (χ2v) is 6.81. The summed E-state index contributed by atoms with van der Waals surface area (Å²) in [4.78, 5) is 18.2. The minimum Gasteiger partial charge on any atom is -0.309 e. The molecule has 2 aliphatic heterocycles. The molecule has 1 amide bonds. The zero-order valence-corrected chi connectivity index (χ0v) is 12.9. The summed E-state index contributed by atoms with van der Waals surface area (Å²) in [6, 6.07) is 8.80. The number of hydrogen-bond acceptors (Lipinski definition) is 3. The number of carbonyl (C=O) groups excluding carboxylic acids is 1. The van der Waals surface area contributed by atoms with Crippen molar-refractivity contribution >= 4 is 23.4 Å². The number of anilines is 1. The van der Waals surface area contributed by atoms with Crippen molar-refractivity contribution in [3.8, 4) is 0 Å². The van der Waals surface area contributed by atoms with Gasteiger partial charge in [0.1, 0.15) is 0 Å². The number of para-hydroxylation sites is 1. The van der Waals surface area contributed by atoms with Crippen LogP contribution in [0.2, 0.25) is 0 Å². The lowest BCUT2D eigenvalue weighted by molar-refractivity contribution is -0.120. The van der Waals surface area contributed by atoms with Gasteiger partial charge in [0.15, 0.2) is 0 Å². The van der Waals surface area contributed by atoms with Crippen molar-refractivity contribution in [1.82, 2.24) is 4.90 Å². The molecule has 108 valence electrons. The zero-order valence-electron chi connectivity index (χ0n) is 12.0. The van der Waals surface area contributed by atoms with E-state index in [1.807, 2.05) is 28.8 Å². The fraction of sp³-hybridized carbons (Fsp3) is 0.562. The number of nitrogens with zero attached hydrogens (tertiary/aromatic N) is 2. The van der Waals surface area contributed by atoms with Gasteiger partial charge in [0.2, 0.25) is 5.91 Å². The molecule has 1 aromatic rings. The van der Waals surface area contributed by atoms with Crippen molar-refractivity contribution in [2.45, 2.75) is 37.1 Å². The largest absolute Gasteiger partial charge is 0.309 e. The van der Waals surface area contributed by atoms with Gasteiger partial charge in [0.05, 0.1) is 12.2 Å². The van der Waals surface area contributed by atoms with Crippen LogP contribution in [0, 0.1) is 0 Å². The van der Waals surface area contributed by atoms with E-state index in [9.17, 15) is 4.79 Å². The Morgan fingerprint density at radius 2 is 2.15 bits per heavy atom. The third-order valence-electron chi connectivity index (χ3n) is 4.31. The Balaban J connectivity index is 1.72. The quantitative estimate of drug-likeness (QED) is 0.836. The third-order valence-corrected chi connectivity index (χ3v) is 5.35. The normalized spacial score (nSPS) is 23.4. The van der Waals surface area contributed by atoms with Crippen LogP contribution in [0.5, 0.6) is 0 Å². The van der Waals surface area contributed by atoms with E-state index >= 15 is 0 Å². The van der Waals surface area contributed by atoms with Gasteiger partial charge in [-0.2, -0.15) is 0 Å². The number of fused-ring (bicyclic) bond motifs is 1. The second-order valence-electron chi connectivity index (χ2n) is 5.68. The van der Waals surface area contributed by atoms with Gasteiger partial charge in [-0.15, -0.1) is 11.8 Å². The molecule has 2 aliphatic rings. The van der Waals surface area contributed by atoms with Crippen molar-refractivity contribution in [1.29, 1.82) is 0 Å². The molecule has 1 aromatic carbocycles. The highest BCUT2D eigenvalue weighted by molar-refractivity contribution is 7.99. The van der Waals surface area contributed by atoms with Gasteiger partial charge in [-0.25, -0.2) is 0 Å². The molecular formula is C16H22N2OS. The van der Waals surface area contributed by atoms with Crippen LogP contribution in [-0.2, 0) is 4.79 Å². The fourth-order valence-corrected chi connectivity index (χ4v) is 4.07. The summed E-state index contributed by atoms with van der Waals surface area (Å²) in [5, 5.41) is 0. The van der Waals surface area contributed by atoms with Gasteiger partial charge in [0, 0.05) is 23.2 Å². The first-order valence-corrected chi connectivity index (χ1v) is 8.50. The Morgan fingerprint density at radius 1 is 1.30 bits per heavy atom. The van der Waals surface area contributed by atoms with Gasteiger partial charge < -0.3 is 4.90 Å². The first-order valence-electron chi connectivity index (χ1n) is 7.52. The lowest BCUT2D eigenvalue weighted by atomic mass is 10.0. The van der Waals surface area contributed by atoms with E-state index < -0.39 is 0 Å². The minimum absolute atomic E-state index is 0.256. The number of amides is 1. The fourth-order valence-electron chi connectivity index (χ4n) is 3.08. The number of benzene rings is 1. The summed E-state index contributed by atoms with van der Waals surface area (Å²) in [6.45, 7) is 4.71. The minimum atomic E-state index is 0.256. The molecule has 1 atom stereocenters. The van der Waals surface area contributed by atoms with Gasteiger partial charge in [-0.05, 0) is 38.4 Å². The van der Waals surface area contributed by atoms with Crippen molar-refractivity contribution in [2.24, 2.45) is 0 Å². The number of hydrogen-bond donors (Lipinski definition) is 0. The molecule has 4 heteroatoms. The summed E-state index contributed by atoms with van der Waals surface area (Å²) in [5.41, 5.74) is 1.10. The van der Waals surface area contributed by atoms with E-state index in [1.165, 1.54) is 24.2 Å². The van der Waals surface area contributed by atoms with Crippen LogP contribution >= 0.6 is 11.8 Å². The highest BCUT2D eigenvalue weighted by Crippen LogP contribution is 2.34. The molecule has 0 saturated carbocycles. The zero-order chi connectivity index (χ0) is 13.9. The van der Waals surface area contributed by atoms with Gasteiger partial charge >= 0.3 is 0 Å². The van der Waals surface area contributed by atoms with Crippen LogP contribution in [0.3, 0.4) is 0 Å². The monoisotopic (exact) mass is 290 g/mol. The Labute approximate surface area is 125 Å². The van der Waals surface area contributed by atoms with Crippen molar-refractivity contribution < 1.29 is 4.79 Å². The van der Waals surface area contributed by atoms with E-state index in [-0.39, 0.29) is 5.91 Å². The summed E-state index contributed by atoms with van der Waals surface area (Å²) in [6.07, 6.45) is 3.75. The SMILES string of the molecule is CC1CCCCN1CC(=O)N1CCSc2ccccc21. The maximum Gasteiger partial charge on any atom is 0.241 e. The molecule has 0 bridgehead atoms. The lowest BCUT2D eigenvalue weighted by Gasteiger charge is -2.35. The standard InChI is InChI=1S/C16H22N2OS/c1-13-6-4-5-9-17(13)12-16(19)18-10-11-20-15-8-3-2-7-14(15)18/h2-3,7-8,13H,4-6,9-12H2,1H3. The molecule has 1 fully saturated rings. The predicted molar refractivity (Wildman–Crippen MR) is 84.4 cm³/mol. The molecule has 20 heavy (non-hydrogen) atoms. The van der Waals surface area contributed by atoms with E-state index in [4.69, 9.17) is 0 Å². The number of likely N-dealkylation sites (tertiary alicyclic amines) is 1. The lowest BCUT2D eigenvalue weighted by Crippen LogP contribution is -2.47. The van der Waals surface area contributed by atoms with Crippen LogP contribution in [0.1, 0.15) is 26.2 Å². The molecule has 0 radical (unpaired) electrons. The summed E-state index contributed by atoms with van der Waals surface area (Å²) < 4.78 is 0. The first-order chi connectivity index (χ1) is 9.75. The average Bonchev–Trinajstić information content (AvgIpc) is 2.49. The van der Waals surface area contributed by atoms with E-state index in [2.05, 4.69) is 24.0 Å². The Morgan fingerprint density at radius 3 is 3.00 bits per heavy atom. The highest BCUT2D eigenvalue weighted by Gasteiger charge is 2.26. The molecular weight excluding hydrogens is 268 g/mol. The number of carbonyl (C=O) groups is 1. The molecule has 0 aliphatic carbocycles. The highest BCUT2D eigenvalue weighted by atomic mass is 32.2. The molecule has 0 N–H and O–H groups in total. The van der Waals surface area contributed by atoms with Crippen molar-refractivity contribution in [3.63, 3.8) is 0 Å². The first kappa shape index (κ1) is 14.0. The predicted octanol–water partition coefficient (Wildman–Crippen LogP) is 3.00. The Bertz CT molecular complexity index is 491. The maximum absolute atomic E-state index is 12.6. The molecule has 3 nitrogen and oxygen atoms in total. The second kappa shape index (κ2) is 6.19. The maximum atomic E-state index is 12.6. The smallest absolute Gasteiger partial charge is 0.241 e. The number of rotatable bonds is 2. The molecule has 0 spiro atoms. The molecule has 0 aromatic heterocycles. The average molecular weight is 290 g/mol. The molecule has 1 saturated heterocycles. The van der Waals surface area contributed by atoms with Gasteiger partial charge in [0.25, 0.3) is 0 Å². The van der Waals surface area contributed by atoms with E-state index in [0.717, 1.165) is 24.5 Å². The summed E-state index contributed by atoms with van der Waals surface area (Å²) >= 11 is 1.85. The Hall–Kier alpha value is -1.00. The van der Waals surface area contributed by atoms with Crippen LogP contribution in [0.15, 0.2) is 29.2 Å².